The summed E-state index contributed by atoms with van der Waals surface area (Å²) in [6, 6.07) is 1.59. The van der Waals surface area contributed by atoms with Gasteiger partial charge in [0, 0.05) is 0 Å². The van der Waals surface area contributed by atoms with Crippen molar-refractivity contribution in [3.05, 3.63) is 16.5 Å². The number of halogens is 1. The second-order valence-electron chi connectivity index (χ2n) is 2.74. The molecule has 8 heteroatoms. The molecule has 1 rings (SSSR count). The van der Waals surface area contributed by atoms with Crippen LogP contribution in [0.1, 0.15) is 6.92 Å². The summed E-state index contributed by atoms with van der Waals surface area (Å²) in [5, 5.41) is 8.55. The number of hydrogen-bond donors (Lipinski definition) is 2. The van der Waals surface area contributed by atoms with Gasteiger partial charge in [0.2, 0.25) is 0 Å². The maximum atomic E-state index is 11.5. The predicted molar refractivity (Wildman–Crippen MR) is 56.7 cm³/mol. The highest BCUT2D eigenvalue weighted by Gasteiger charge is 2.22. The molecule has 0 radical (unpaired) electrons. The molecule has 15 heavy (non-hydrogen) atoms. The molecule has 0 saturated carbocycles. The van der Waals surface area contributed by atoms with E-state index in [-0.39, 0.29) is 4.21 Å². The Hall–Kier alpha value is -0.630. The summed E-state index contributed by atoms with van der Waals surface area (Å²) >= 11 is 6.45. The van der Waals surface area contributed by atoms with E-state index in [4.69, 9.17) is 16.7 Å². The molecule has 0 unspecified atom stereocenters. The Morgan fingerprint density at radius 2 is 2.20 bits per heavy atom. The molecular formula is C7H8ClNO4S2. The first-order valence-electron chi connectivity index (χ1n) is 3.83. The summed E-state index contributed by atoms with van der Waals surface area (Å²) in [6.45, 7) is 1.25. The topological polar surface area (TPSA) is 83.5 Å². The van der Waals surface area contributed by atoms with Crippen molar-refractivity contribution < 1.29 is 18.3 Å². The summed E-state index contributed by atoms with van der Waals surface area (Å²) in [6.07, 6.45) is 0. The van der Waals surface area contributed by atoms with Crippen molar-refractivity contribution in [1.82, 2.24) is 4.72 Å². The summed E-state index contributed by atoms with van der Waals surface area (Å²) in [5.74, 6) is -1.23. The molecule has 0 aliphatic carbocycles. The van der Waals surface area contributed by atoms with Gasteiger partial charge in [0.15, 0.2) is 0 Å². The maximum Gasteiger partial charge on any atom is 0.321 e. The molecule has 0 spiro atoms. The number of carbonyl (C=O) groups is 1. The quantitative estimate of drug-likeness (QED) is 0.859. The zero-order valence-electron chi connectivity index (χ0n) is 7.60. The molecule has 0 aliphatic heterocycles. The lowest BCUT2D eigenvalue weighted by molar-refractivity contribution is -0.138. The van der Waals surface area contributed by atoms with Crippen molar-refractivity contribution in [1.29, 1.82) is 0 Å². The third-order valence-corrected chi connectivity index (χ3v) is 4.78. The van der Waals surface area contributed by atoms with E-state index < -0.39 is 22.0 Å². The predicted octanol–water partition coefficient (Wildman–Crippen LogP) is 1.15. The molecule has 5 nitrogen and oxygen atoms in total. The van der Waals surface area contributed by atoms with E-state index in [1.165, 1.54) is 19.1 Å². The Balaban J connectivity index is 2.90. The van der Waals surface area contributed by atoms with Crippen molar-refractivity contribution >= 4 is 38.9 Å². The fraction of sp³-hybridized carbons (Fsp3) is 0.286. The fourth-order valence-corrected chi connectivity index (χ4v) is 3.48. The van der Waals surface area contributed by atoms with Crippen LogP contribution in [0.25, 0.3) is 0 Å². The van der Waals surface area contributed by atoms with Gasteiger partial charge in [-0.3, -0.25) is 4.79 Å². The van der Waals surface area contributed by atoms with Gasteiger partial charge < -0.3 is 5.11 Å². The van der Waals surface area contributed by atoms with Crippen molar-refractivity contribution in [2.45, 2.75) is 17.2 Å². The van der Waals surface area contributed by atoms with Crippen LogP contribution >= 0.6 is 22.9 Å². The van der Waals surface area contributed by atoms with Crippen LogP contribution in [-0.4, -0.2) is 25.5 Å². The minimum absolute atomic E-state index is 0.000556. The minimum atomic E-state index is -3.78. The fourth-order valence-electron chi connectivity index (χ4n) is 0.783. The molecule has 0 aromatic carbocycles. The van der Waals surface area contributed by atoms with Gasteiger partial charge in [0.05, 0.1) is 4.34 Å². The van der Waals surface area contributed by atoms with Gasteiger partial charge in [-0.25, -0.2) is 8.42 Å². The molecule has 0 saturated heterocycles. The van der Waals surface area contributed by atoms with Gasteiger partial charge in [0.1, 0.15) is 10.3 Å². The number of thiophene rings is 1. The Bertz CT molecular complexity index is 467. The van der Waals surface area contributed by atoms with Crippen LogP contribution < -0.4 is 4.72 Å². The van der Waals surface area contributed by atoms with E-state index in [1.54, 1.807) is 0 Å². The first kappa shape index (κ1) is 12.4. The normalized spacial score (nSPS) is 13.7. The monoisotopic (exact) mass is 269 g/mol. The second-order valence-corrected chi connectivity index (χ2v) is 6.40. The average Bonchev–Trinajstić information content (AvgIpc) is 2.51. The number of aliphatic carboxylic acids is 1. The average molecular weight is 270 g/mol. The highest BCUT2D eigenvalue weighted by atomic mass is 35.5. The van der Waals surface area contributed by atoms with Crippen LogP contribution in [-0.2, 0) is 14.8 Å². The number of carboxylic acids is 1. The smallest absolute Gasteiger partial charge is 0.321 e. The van der Waals surface area contributed by atoms with E-state index in [0.717, 1.165) is 11.3 Å². The van der Waals surface area contributed by atoms with Crippen LogP contribution in [0.4, 0.5) is 0 Å². The third kappa shape index (κ3) is 3.16. The molecule has 1 atom stereocenters. The van der Waals surface area contributed by atoms with Crippen molar-refractivity contribution in [3.8, 4) is 0 Å². The molecule has 1 heterocycles. The number of rotatable bonds is 4. The van der Waals surface area contributed by atoms with Gasteiger partial charge in [-0.15, -0.1) is 11.3 Å². The number of nitrogens with one attached hydrogen (secondary N) is 1. The highest BCUT2D eigenvalue weighted by Crippen LogP contribution is 2.25. The summed E-state index contributed by atoms with van der Waals surface area (Å²) in [7, 11) is -3.78. The van der Waals surface area contributed by atoms with E-state index in [1.807, 2.05) is 4.72 Å². The SMILES string of the molecule is C[C@H](NS(=O)(=O)c1ccc(Cl)s1)C(=O)O. The summed E-state index contributed by atoms with van der Waals surface area (Å²) in [5.41, 5.74) is 0. The summed E-state index contributed by atoms with van der Waals surface area (Å²) in [4.78, 5) is 10.5. The molecule has 2 N–H and O–H groups in total. The molecular weight excluding hydrogens is 262 g/mol. The Morgan fingerprint density at radius 1 is 1.60 bits per heavy atom. The van der Waals surface area contributed by atoms with Crippen LogP contribution in [0.2, 0.25) is 4.34 Å². The molecule has 0 amide bonds. The van der Waals surface area contributed by atoms with E-state index in [2.05, 4.69) is 0 Å². The molecule has 0 aliphatic rings. The van der Waals surface area contributed by atoms with Crippen molar-refractivity contribution in [2.75, 3.05) is 0 Å². The van der Waals surface area contributed by atoms with Gasteiger partial charge in [0.25, 0.3) is 10.0 Å². The zero-order valence-corrected chi connectivity index (χ0v) is 9.99. The molecule has 0 bridgehead atoms. The van der Waals surface area contributed by atoms with Crippen molar-refractivity contribution in [3.63, 3.8) is 0 Å². The Labute approximate surface area is 95.7 Å². The van der Waals surface area contributed by atoms with Gasteiger partial charge in [-0.1, -0.05) is 11.6 Å². The first-order valence-corrected chi connectivity index (χ1v) is 6.51. The number of hydrogen-bond acceptors (Lipinski definition) is 4. The molecule has 1 aromatic heterocycles. The largest absolute Gasteiger partial charge is 0.480 e. The zero-order chi connectivity index (χ0) is 11.6. The first-order chi connectivity index (χ1) is 6.83. The lowest BCUT2D eigenvalue weighted by Crippen LogP contribution is -2.37. The highest BCUT2D eigenvalue weighted by molar-refractivity contribution is 7.91. The number of sulfonamides is 1. The van der Waals surface area contributed by atoms with Crippen LogP contribution in [0.3, 0.4) is 0 Å². The van der Waals surface area contributed by atoms with Gasteiger partial charge in [-0.05, 0) is 19.1 Å². The minimum Gasteiger partial charge on any atom is -0.480 e. The van der Waals surface area contributed by atoms with Crippen molar-refractivity contribution in [2.24, 2.45) is 0 Å². The number of carboxylic acid groups (broad SMARTS) is 1. The van der Waals surface area contributed by atoms with Crippen LogP contribution in [0, 0.1) is 0 Å². The van der Waals surface area contributed by atoms with Gasteiger partial charge >= 0.3 is 5.97 Å². The van der Waals surface area contributed by atoms with E-state index in [0.29, 0.717) is 4.34 Å². The lowest BCUT2D eigenvalue weighted by atomic mass is 10.4. The van der Waals surface area contributed by atoms with E-state index >= 15 is 0 Å². The standard InChI is InChI=1S/C7H8ClNO4S2/c1-4(7(10)11)9-15(12,13)6-3-2-5(8)14-6/h2-4,9H,1H3,(H,10,11)/t4-/m0/s1. The van der Waals surface area contributed by atoms with E-state index in [9.17, 15) is 13.2 Å². The molecule has 0 fully saturated rings. The Morgan fingerprint density at radius 3 is 2.60 bits per heavy atom. The lowest BCUT2D eigenvalue weighted by Gasteiger charge is -2.07. The van der Waals surface area contributed by atoms with Gasteiger partial charge in [-0.2, -0.15) is 4.72 Å². The third-order valence-electron chi connectivity index (χ3n) is 1.52. The van der Waals surface area contributed by atoms with Crippen LogP contribution in [0.15, 0.2) is 16.3 Å². The molecule has 1 aromatic rings. The Kier molecular flexibility index (Phi) is 3.72. The molecule has 84 valence electrons. The maximum absolute atomic E-state index is 11.5. The second kappa shape index (κ2) is 4.48. The summed E-state index contributed by atoms with van der Waals surface area (Å²) < 4.78 is 25.4. The van der Waals surface area contributed by atoms with Crippen LogP contribution in [0.5, 0.6) is 0 Å².